The van der Waals surface area contributed by atoms with E-state index >= 15 is 0 Å². The maximum Gasteiger partial charge on any atom is 0.328 e. The van der Waals surface area contributed by atoms with Crippen molar-refractivity contribution in [2.45, 2.75) is 92.8 Å². The van der Waals surface area contributed by atoms with Gasteiger partial charge in [0.05, 0.1) is 13.2 Å². The molecule has 0 radical (unpaired) electrons. The lowest BCUT2D eigenvalue weighted by molar-refractivity contribution is -0.425. The van der Waals surface area contributed by atoms with Gasteiger partial charge in [0.2, 0.25) is 17.6 Å². The Hall–Kier alpha value is -2.33. The second kappa shape index (κ2) is 16.5. The fourth-order valence-corrected chi connectivity index (χ4v) is 4.27. The highest BCUT2D eigenvalue weighted by molar-refractivity contribution is 5.86. The highest BCUT2D eigenvalue weighted by Crippen LogP contribution is 2.34. The van der Waals surface area contributed by atoms with Crippen molar-refractivity contribution in [2.75, 3.05) is 26.4 Å². The first-order chi connectivity index (χ1) is 19.8. The number of rotatable bonds is 16. The number of carbonyl (C=O) groups is 3. The molecule has 18 nitrogen and oxygen atoms in total. The zero-order valence-electron chi connectivity index (χ0n) is 22.6. The van der Waals surface area contributed by atoms with Gasteiger partial charge in [-0.2, -0.15) is 0 Å². The topological polar surface area (TPSA) is 294 Å². The summed E-state index contributed by atoms with van der Waals surface area (Å²) in [5, 5.41) is 95.2. The Balaban J connectivity index is 2.04. The van der Waals surface area contributed by atoms with E-state index in [-0.39, 0.29) is 12.3 Å². The molecule has 242 valence electrons. The normalized spacial score (nSPS) is 35.7. The molecule has 11 N–H and O–H groups in total. The van der Waals surface area contributed by atoms with E-state index in [4.69, 9.17) is 18.9 Å². The molecule has 2 fully saturated rings. The molecular weight excluding hydrogens is 572 g/mol. The molecular formula is C24H40N2O16. The number of carbonyl (C=O) groups excluding carboxylic acids is 2. The number of aliphatic hydroxyl groups is 8. The molecule has 2 rings (SSSR count). The number of hydrogen-bond donors (Lipinski definition) is 11. The van der Waals surface area contributed by atoms with Crippen LogP contribution < -0.4 is 10.6 Å². The van der Waals surface area contributed by atoms with Crippen molar-refractivity contribution in [1.29, 1.82) is 0 Å². The molecule has 0 saturated carbocycles. The summed E-state index contributed by atoms with van der Waals surface area (Å²) >= 11 is 0. The van der Waals surface area contributed by atoms with E-state index in [1.54, 1.807) is 0 Å². The Morgan fingerprint density at radius 1 is 0.976 bits per heavy atom. The molecule has 2 heterocycles. The largest absolute Gasteiger partial charge is 0.480 e. The van der Waals surface area contributed by atoms with Gasteiger partial charge in [-0.25, -0.2) is 4.79 Å². The molecule has 0 bridgehead atoms. The smallest absolute Gasteiger partial charge is 0.328 e. The van der Waals surface area contributed by atoms with Crippen LogP contribution in [0.3, 0.4) is 0 Å². The number of amides is 2. The number of aliphatic hydroxyl groups excluding tert-OH is 8. The third kappa shape index (κ3) is 9.09. The van der Waals surface area contributed by atoms with Crippen molar-refractivity contribution >= 4 is 17.8 Å². The molecule has 2 aliphatic rings. The van der Waals surface area contributed by atoms with Gasteiger partial charge in [0, 0.05) is 13.0 Å². The van der Waals surface area contributed by atoms with E-state index in [0.717, 1.165) is 6.08 Å². The first kappa shape index (κ1) is 35.9. The van der Waals surface area contributed by atoms with E-state index in [9.17, 15) is 60.3 Å². The van der Waals surface area contributed by atoms with Gasteiger partial charge in [-0.1, -0.05) is 13.0 Å². The number of unbranched alkanes of at least 4 members (excludes halogenated alkanes) is 2. The van der Waals surface area contributed by atoms with Gasteiger partial charge in [0.25, 0.3) is 0 Å². The van der Waals surface area contributed by atoms with Crippen LogP contribution in [-0.4, -0.2) is 157 Å². The maximum absolute atomic E-state index is 12.3. The molecule has 11 atom stereocenters. The van der Waals surface area contributed by atoms with Crippen molar-refractivity contribution in [3.63, 3.8) is 0 Å². The fourth-order valence-electron chi connectivity index (χ4n) is 4.27. The van der Waals surface area contributed by atoms with Gasteiger partial charge in [-0.3, -0.25) is 9.59 Å². The van der Waals surface area contributed by atoms with Crippen LogP contribution in [0.1, 0.15) is 25.7 Å². The van der Waals surface area contributed by atoms with Crippen molar-refractivity contribution in [1.82, 2.24) is 10.6 Å². The molecule has 0 aromatic heterocycles. The summed E-state index contributed by atoms with van der Waals surface area (Å²) in [6.07, 6.45) is -14.7. The SMILES string of the molecule is C=CC(=O)NCCCCCC(=O)NC(CO[C@]1(CO)O[C@H](O[C@H]2[C@H](O)[C@@H](O)[C@H](O)O[C@@H]2CO)[C@H](O)[C@H](O)[C@H]1O)C(=O)O. The summed E-state index contributed by atoms with van der Waals surface area (Å²) in [5.41, 5.74) is 0. The van der Waals surface area contributed by atoms with Gasteiger partial charge in [0.15, 0.2) is 18.6 Å². The monoisotopic (exact) mass is 612 g/mol. The Morgan fingerprint density at radius 2 is 1.67 bits per heavy atom. The summed E-state index contributed by atoms with van der Waals surface area (Å²) in [6, 6.07) is -1.71. The average Bonchev–Trinajstić information content (AvgIpc) is 2.97. The highest BCUT2D eigenvalue weighted by atomic mass is 16.8. The molecule has 0 aromatic carbocycles. The number of hydrogen-bond acceptors (Lipinski definition) is 15. The van der Waals surface area contributed by atoms with E-state index < -0.39 is 98.8 Å². The second-order valence-electron chi connectivity index (χ2n) is 9.79. The molecule has 0 aliphatic carbocycles. The lowest BCUT2D eigenvalue weighted by Gasteiger charge is -2.49. The minimum Gasteiger partial charge on any atom is -0.480 e. The van der Waals surface area contributed by atoms with Gasteiger partial charge in [0.1, 0.15) is 49.3 Å². The quantitative estimate of drug-likeness (QED) is 0.0572. The van der Waals surface area contributed by atoms with Crippen molar-refractivity contribution in [2.24, 2.45) is 0 Å². The fraction of sp³-hybridized carbons (Fsp3) is 0.792. The molecule has 0 aromatic rings. The van der Waals surface area contributed by atoms with E-state index in [2.05, 4.69) is 17.2 Å². The predicted octanol–water partition coefficient (Wildman–Crippen LogP) is -5.62. The Kier molecular flexibility index (Phi) is 14.1. The second-order valence-corrected chi connectivity index (χ2v) is 9.79. The minimum atomic E-state index is -2.62. The van der Waals surface area contributed by atoms with Gasteiger partial charge < -0.3 is 75.5 Å². The van der Waals surface area contributed by atoms with Crippen LogP contribution in [0.15, 0.2) is 12.7 Å². The molecule has 2 aliphatic heterocycles. The molecule has 2 amide bonds. The highest BCUT2D eigenvalue weighted by Gasteiger charge is 2.57. The summed E-state index contributed by atoms with van der Waals surface area (Å²) in [7, 11) is 0. The van der Waals surface area contributed by atoms with Gasteiger partial charge in [-0.15, -0.1) is 0 Å². The van der Waals surface area contributed by atoms with E-state index in [0.29, 0.717) is 25.8 Å². The van der Waals surface area contributed by atoms with E-state index in [1.807, 2.05) is 0 Å². The van der Waals surface area contributed by atoms with Crippen LogP contribution in [0.4, 0.5) is 0 Å². The number of ether oxygens (including phenoxy) is 4. The number of nitrogens with one attached hydrogen (secondary N) is 2. The van der Waals surface area contributed by atoms with Gasteiger partial charge >= 0.3 is 5.97 Å². The Labute approximate surface area is 240 Å². The van der Waals surface area contributed by atoms with Crippen LogP contribution in [0.2, 0.25) is 0 Å². The third-order valence-electron chi connectivity index (χ3n) is 6.76. The maximum atomic E-state index is 12.3. The van der Waals surface area contributed by atoms with Crippen molar-refractivity contribution < 1.29 is 79.3 Å². The number of carboxylic acid groups (broad SMARTS) is 1. The van der Waals surface area contributed by atoms with Crippen LogP contribution in [0, 0.1) is 0 Å². The molecule has 18 heteroatoms. The summed E-state index contributed by atoms with van der Waals surface area (Å²) < 4.78 is 21.1. The minimum absolute atomic E-state index is 0.0668. The first-order valence-corrected chi connectivity index (χ1v) is 13.2. The van der Waals surface area contributed by atoms with Crippen LogP contribution in [0.25, 0.3) is 0 Å². The van der Waals surface area contributed by atoms with Crippen LogP contribution >= 0.6 is 0 Å². The predicted molar refractivity (Wildman–Crippen MR) is 135 cm³/mol. The van der Waals surface area contributed by atoms with Crippen molar-refractivity contribution in [3.8, 4) is 0 Å². The first-order valence-electron chi connectivity index (χ1n) is 13.2. The number of aliphatic carboxylic acids is 1. The summed E-state index contributed by atoms with van der Waals surface area (Å²) in [5.74, 6) is -5.17. The standard InChI is InChI=1S/C24H40N2O16/c1-2-13(29)25-7-5-3-4-6-14(30)26-11(21(36)37)9-39-24(10-28)20(35)16(32)18(34)23(42-24)41-19-12(8-27)40-22(38)17(33)15(19)31/h2,11-12,15-20,22-23,27-28,31-35,38H,1,3-10H2,(H,25,29)(H,26,30)(H,36,37)/t11?,12-,15-,16+,17-,18-,19-,20-,22-,23+,24-/m1/s1. The Bertz CT molecular complexity index is 908. The zero-order chi connectivity index (χ0) is 31.6. The average molecular weight is 613 g/mol. The zero-order valence-corrected chi connectivity index (χ0v) is 22.6. The molecule has 42 heavy (non-hydrogen) atoms. The molecule has 0 spiro atoms. The lowest BCUT2D eigenvalue weighted by Crippen LogP contribution is -2.69. The third-order valence-corrected chi connectivity index (χ3v) is 6.76. The summed E-state index contributed by atoms with van der Waals surface area (Å²) in [4.78, 5) is 35.2. The number of carboxylic acids is 1. The van der Waals surface area contributed by atoms with E-state index in [1.165, 1.54) is 0 Å². The van der Waals surface area contributed by atoms with Crippen LogP contribution in [0.5, 0.6) is 0 Å². The lowest BCUT2D eigenvalue weighted by atomic mass is 9.95. The van der Waals surface area contributed by atoms with Crippen LogP contribution in [-0.2, 0) is 33.3 Å². The summed E-state index contributed by atoms with van der Waals surface area (Å²) in [6.45, 7) is 0.717. The van der Waals surface area contributed by atoms with Gasteiger partial charge in [-0.05, 0) is 18.9 Å². The molecule has 2 saturated heterocycles. The molecule has 1 unspecified atom stereocenters. The van der Waals surface area contributed by atoms with Crippen molar-refractivity contribution in [3.05, 3.63) is 12.7 Å². The Morgan fingerprint density at radius 3 is 2.26 bits per heavy atom.